The van der Waals surface area contributed by atoms with Gasteiger partial charge < -0.3 is 24.8 Å². The Bertz CT molecular complexity index is 238. The van der Waals surface area contributed by atoms with Crippen molar-refractivity contribution in [3.05, 3.63) is 29.1 Å². The molecule has 0 aliphatic heterocycles. The monoisotopic (exact) mass is 306 g/mol. The zero-order valence-electron chi connectivity index (χ0n) is 6.22. The summed E-state index contributed by atoms with van der Waals surface area (Å²) in [5.41, 5.74) is 0. The van der Waals surface area contributed by atoms with Crippen molar-refractivity contribution in [3.8, 4) is 0 Å². The third kappa shape index (κ3) is 2.56. The van der Waals surface area contributed by atoms with Gasteiger partial charge in [0.25, 0.3) is 0 Å². The van der Waals surface area contributed by atoms with Crippen molar-refractivity contribution in [2.45, 2.75) is 0 Å². The largest absolute Gasteiger partial charge is 1.00 e. The fraction of sp³-hybridized carbons (Fsp3) is 0. The van der Waals surface area contributed by atoms with Crippen LogP contribution in [0.15, 0.2) is 0 Å². The molecule has 1 aromatic rings. The van der Waals surface area contributed by atoms with E-state index in [9.17, 15) is 22.0 Å². The second-order valence-electron chi connectivity index (χ2n) is 1.98. The van der Waals surface area contributed by atoms with Crippen LogP contribution in [0.3, 0.4) is 0 Å². The Labute approximate surface area is 98.6 Å². The van der Waals surface area contributed by atoms with Crippen molar-refractivity contribution in [1.82, 2.24) is 0 Å². The molecule has 1 aromatic carbocycles. The van der Waals surface area contributed by atoms with Crippen LogP contribution >= 0.6 is 0 Å². The molecule has 0 radical (unpaired) electrons. The van der Waals surface area contributed by atoms with E-state index in [1.165, 1.54) is 0 Å². The molecule has 0 aliphatic rings. The van der Waals surface area contributed by atoms with E-state index in [1.807, 2.05) is 0 Å². The standard InChI is InChI=1S/C6F5.2ClH.Ga/c7-2-1-3(8)5(10)6(11)4(2)9;;;/h;2*1H;/q;;;+2/p-2. The summed E-state index contributed by atoms with van der Waals surface area (Å²) < 4.78 is 60.8. The van der Waals surface area contributed by atoms with Crippen LogP contribution in [-0.4, -0.2) is 18.6 Å². The van der Waals surface area contributed by atoms with Gasteiger partial charge in [0, 0.05) is 0 Å². The maximum absolute atomic E-state index is 12.4. The van der Waals surface area contributed by atoms with E-state index in [4.69, 9.17) is 0 Å². The van der Waals surface area contributed by atoms with E-state index in [1.54, 1.807) is 0 Å². The first kappa shape index (κ1) is 16.5. The molecule has 0 fully saturated rings. The summed E-state index contributed by atoms with van der Waals surface area (Å²) in [6.45, 7) is 0. The van der Waals surface area contributed by atoms with Crippen molar-refractivity contribution in [2.24, 2.45) is 0 Å². The Balaban J connectivity index is 0. The van der Waals surface area contributed by atoms with Gasteiger partial charge >= 0.3 is 73.8 Å². The van der Waals surface area contributed by atoms with Gasteiger partial charge in [-0.05, 0) is 0 Å². The molecule has 0 saturated heterocycles. The second kappa shape index (κ2) is 5.84. The molecule has 14 heavy (non-hydrogen) atoms. The molecule has 0 spiro atoms. The van der Waals surface area contributed by atoms with Crippen molar-refractivity contribution in [3.63, 3.8) is 0 Å². The molecule has 0 atom stereocenters. The van der Waals surface area contributed by atoms with Crippen LogP contribution in [0.5, 0.6) is 0 Å². The molecule has 1 rings (SSSR count). The number of rotatable bonds is 0. The van der Waals surface area contributed by atoms with Gasteiger partial charge in [0.2, 0.25) is 0 Å². The van der Waals surface area contributed by atoms with E-state index in [-0.39, 0.29) is 24.8 Å². The Morgan fingerprint density at radius 2 is 0.786 bits per heavy atom. The molecule has 0 unspecified atom stereocenters. The third-order valence-corrected chi connectivity index (χ3v) is 2.31. The number of hydrogen-bond acceptors (Lipinski definition) is 0. The third-order valence-electron chi connectivity index (χ3n) is 1.24. The van der Waals surface area contributed by atoms with Gasteiger partial charge in [0.05, 0.1) is 0 Å². The first-order valence-corrected chi connectivity index (χ1v) is 3.94. The van der Waals surface area contributed by atoms with Crippen LogP contribution in [0.25, 0.3) is 0 Å². The van der Waals surface area contributed by atoms with Crippen molar-refractivity contribution < 1.29 is 46.8 Å². The summed E-state index contributed by atoms with van der Waals surface area (Å²) in [6.07, 6.45) is 0. The van der Waals surface area contributed by atoms with Crippen molar-refractivity contribution >= 4 is 22.7 Å². The molecule has 0 N–H and O–H groups in total. The summed E-state index contributed by atoms with van der Waals surface area (Å²) in [4.78, 5) is 0. The Hall–Kier alpha value is 0.0864. The van der Waals surface area contributed by atoms with Crippen LogP contribution in [0.4, 0.5) is 22.0 Å². The van der Waals surface area contributed by atoms with Crippen LogP contribution in [0.2, 0.25) is 0 Å². The van der Waals surface area contributed by atoms with E-state index < -0.39 is 33.2 Å². The van der Waals surface area contributed by atoms with Crippen LogP contribution in [-0.2, 0) is 0 Å². The normalized spacial score (nSPS) is 9.07. The SMILES string of the molecule is Fc1c(F)c(F)[c]([Ga+2])c(F)c1F.[Cl-].[Cl-]. The molecule has 0 aromatic heterocycles. The molecule has 0 saturated carbocycles. The first-order valence-electron chi connectivity index (χ1n) is 2.73. The van der Waals surface area contributed by atoms with Gasteiger partial charge in [-0.2, -0.15) is 0 Å². The molecule has 0 heterocycles. The maximum atomic E-state index is 12.4. The van der Waals surface area contributed by atoms with Crippen LogP contribution in [0, 0.1) is 29.1 Å². The predicted molar refractivity (Wildman–Crippen MR) is 31.6 cm³/mol. The number of benzene rings is 1. The van der Waals surface area contributed by atoms with E-state index in [0.717, 1.165) is 0 Å². The summed E-state index contributed by atoms with van der Waals surface area (Å²) in [6, 6.07) is 0. The summed E-state index contributed by atoms with van der Waals surface area (Å²) >= 11 is 0.348. The van der Waals surface area contributed by atoms with Gasteiger partial charge in [-0.15, -0.1) is 0 Å². The topological polar surface area (TPSA) is 0 Å². The average molecular weight is 308 g/mol. The van der Waals surface area contributed by atoms with E-state index in [0.29, 0.717) is 18.6 Å². The summed E-state index contributed by atoms with van der Waals surface area (Å²) in [7, 11) is 0. The minimum atomic E-state index is -2.12. The molecule has 0 aliphatic carbocycles. The van der Waals surface area contributed by atoms with Gasteiger partial charge in [0.1, 0.15) is 0 Å². The van der Waals surface area contributed by atoms with Gasteiger partial charge in [-0.3, -0.25) is 0 Å². The van der Waals surface area contributed by atoms with Crippen LogP contribution in [0.1, 0.15) is 0 Å². The molecule has 76 valence electrons. The molecule has 0 amide bonds. The van der Waals surface area contributed by atoms with Crippen molar-refractivity contribution in [2.75, 3.05) is 0 Å². The first-order chi connectivity index (χ1) is 5.46. The zero-order chi connectivity index (χ0) is 9.46. The maximum Gasteiger partial charge on any atom is -1.00 e. The van der Waals surface area contributed by atoms with Gasteiger partial charge in [0.15, 0.2) is 0 Å². The predicted octanol–water partition coefficient (Wildman–Crippen LogP) is -4.82. The van der Waals surface area contributed by atoms with Gasteiger partial charge in [-0.1, -0.05) is 0 Å². The minimum absolute atomic E-state index is 0. The Morgan fingerprint density at radius 3 is 1.07 bits per heavy atom. The van der Waals surface area contributed by atoms with Crippen molar-refractivity contribution in [1.29, 1.82) is 0 Å². The number of halogens is 7. The number of hydrogen-bond donors (Lipinski definition) is 0. The quantitative estimate of drug-likeness (QED) is 0.195. The fourth-order valence-electron chi connectivity index (χ4n) is 0.622. The smallest absolute Gasteiger partial charge is 1.00 e. The minimum Gasteiger partial charge on any atom is -1.00 e. The van der Waals surface area contributed by atoms with E-state index >= 15 is 0 Å². The van der Waals surface area contributed by atoms with Crippen LogP contribution < -0.4 is 28.9 Å². The Kier molecular flexibility index (Phi) is 6.89. The zero-order valence-corrected chi connectivity index (χ0v) is 10.2. The average Bonchev–Trinajstić information content (AvgIpc) is 2.08. The van der Waals surface area contributed by atoms with E-state index in [2.05, 4.69) is 0 Å². The molecular weight excluding hydrogens is 308 g/mol. The Morgan fingerprint density at radius 1 is 0.571 bits per heavy atom. The molecule has 8 heteroatoms. The summed E-state index contributed by atoms with van der Waals surface area (Å²) in [5.74, 6) is -9.43. The fourth-order valence-corrected chi connectivity index (χ4v) is 1.15. The van der Waals surface area contributed by atoms with Gasteiger partial charge in [-0.25, -0.2) is 0 Å². The molecule has 0 nitrogen and oxygen atoms in total. The second-order valence-corrected chi connectivity index (χ2v) is 3.19. The summed E-state index contributed by atoms with van der Waals surface area (Å²) in [5, 5.41) is 0. The molecular formula is C6Cl2F5Ga. The molecule has 0 bridgehead atoms.